The Balaban J connectivity index is 2.10. The van der Waals surface area contributed by atoms with Crippen molar-refractivity contribution < 1.29 is 14.3 Å². The molecule has 1 aromatic heterocycles. The minimum absolute atomic E-state index is 0.0328. The second kappa shape index (κ2) is 7.99. The van der Waals surface area contributed by atoms with Gasteiger partial charge in [0, 0.05) is 0 Å². The largest absolute Gasteiger partial charge is 0.448 e. The van der Waals surface area contributed by atoms with Crippen molar-refractivity contribution >= 4 is 11.9 Å². The van der Waals surface area contributed by atoms with Crippen molar-refractivity contribution in [2.24, 2.45) is 5.92 Å². The number of aryl methyl sites for hydroxylation is 1. The van der Waals surface area contributed by atoms with Gasteiger partial charge in [-0.2, -0.15) is 15.2 Å². The minimum atomic E-state index is -1.08. The predicted octanol–water partition coefficient (Wildman–Crippen LogP) is 2.18. The monoisotopic (exact) mass is 369 g/mol. The third-order valence-corrected chi connectivity index (χ3v) is 4.39. The van der Waals surface area contributed by atoms with Crippen LogP contribution in [-0.2, 0) is 9.53 Å². The molecule has 2 aromatic rings. The molecule has 0 spiro atoms. The van der Waals surface area contributed by atoms with Crippen molar-refractivity contribution in [2.75, 3.05) is 0 Å². The van der Waals surface area contributed by atoms with Crippen molar-refractivity contribution in [3.05, 3.63) is 41.7 Å². The fraction of sp³-hybridized carbons (Fsp3) is 0.421. The smallest absolute Gasteiger partial charge is 0.361 e. The van der Waals surface area contributed by atoms with Crippen LogP contribution >= 0.6 is 0 Å². The topological polar surface area (TPSA) is 110 Å². The molecule has 2 rings (SSSR count). The lowest BCUT2D eigenvalue weighted by molar-refractivity contribution is -0.130. The molecule has 1 N–H and O–H groups in total. The predicted molar refractivity (Wildman–Crippen MR) is 98.0 cm³/mol. The Morgan fingerprint density at radius 3 is 2.41 bits per heavy atom. The van der Waals surface area contributed by atoms with E-state index in [9.17, 15) is 14.9 Å². The summed E-state index contributed by atoms with van der Waals surface area (Å²) >= 11 is 0. The number of carbonyl (C=O) groups excluding carboxylic acids is 2. The van der Waals surface area contributed by atoms with Gasteiger partial charge >= 0.3 is 5.97 Å². The van der Waals surface area contributed by atoms with Gasteiger partial charge in [-0.15, -0.1) is 5.10 Å². The maximum atomic E-state index is 12.4. The van der Waals surface area contributed by atoms with Crippen LogP contribution in [0.25, 0.3) is 5.69 Å². The van der Waals surface area contributed by atoms with E-state index < -0.39 is 23.5 Å². The van der Waals surface area contributed by atoms with E-state index >= 15 is 0 Å². The number of amides is 1. The number of nitrogens with one attached hydrogen (secondary N) is 1. The number of rotatable bonds is 6. The Kier molecular flexibility index (Phi) is 5.95. The van der Waals surface area contributed by atoms with E-state index in [0.29, 0.717) is 11.4 Å². The van der Waals surface area contributed by atoms with Gasteiger partial charge in [-0.3, -0.25) is 4.79 Å². The molecule has 0 aliphatic rings. The molecule has 1 amide bonds. The van der Waals surface area contributed by atoms with Crippen molar-refractivity contribution in [2.45, 2.75) is 46.3 Å². The van der Waals surface area contributed by atoms with E-state index in [1.165, 1.54) is 11.7 Å². The number of ether oxygens (including phenoxy) is 1. The van der Waals surface area contributed by atoms with Gasteiger partial charge in [-0.05, 0) is 38.8 Å². The molecule has 8 nitrogen and oxygen atoms in total. The zero-order valence-corrected chi connectivity index (χ0v) is 16.1. The lowest BCUT2D eigenvalue weighted by atomic mass is 9.90. The number of aromatic nitrogens is 3. The van der Waals surface area contributed by atoms with E-state index in [1.54, 1.807) is 26.0 Å². The lowest BCUT2D eigenvalue weighted by Gasteiger charge is -2.28. The number of nitriles is 1. The summed E-state index contributed by atoms with van der Waals surface area (Å²) in [5, 5.41) is 20.3. The second-order valence-electron chi connectivity index (χ2n) is 6.76. The Morgan fingerprint density at radius 1 is 1.22 bits per heavy atom. The van der Waals surface area contributed by atoms with Gasteiger partial charge in [0.1, 0.15) is 5.54 Å². The summed E-state index contributed by atoms with van der Waals surface area (Å²) in [6, 6.07) is 11.2. The molecule has 0 saturated carbocycles. The summed E-state index contributed by atoms with van der Waals surface area (Å²) in [4.78, 5) is 26.1. The van der Waals surface area contributed by atoms with Crippen LogP contribution in [-0.4, -0.2) is 38.5 Å². The Morgan fingerprint density at radius 2 is 1.85 bits per heavy atom. The molecule has 2 unspecified atom stereocenters. The van der Waals surface area contributed by atoms with E-state index in [1.807, 2.05) is 32.0 Å². The molecule has 1 aromatic carbocycles. The van der Waals surface area contributed by atoms with E-state index in [-0.39, 0.29) is 11.6 Å². The van der Waals surface area contributed by atoms with Crippen LogP contribution in [0.4, 0.5) is 0 Å². The number of carbonyl (C=O) groups is 2. The highest BCUT2D eigenvalue weighted by Gasteiger charge is 2.33. The molecule has 0 saturated heterocycles. The van der Waals surface area contributed by atoms with E-state index in [0.717, 1.165) is 0 Å². The van der Waals surface area contributed by atoms with Crippen molar-refractivity contribution in [1.82, 2.24) is 20.3 Å². The summed E-state index contributed by atoms with van der Waals surface area (Å²) < 4.78 is 5.22. The van der Waals surface area contributed by atoms with Crippen LogP contribution < -0.4 is 5.32 Å². The van der Waals surface area contributed by atoms with Gasteiger partial charge in [0.2, 0.25) is 0 Å². The average molecular weight is 369 g/mol. The fourth-order valence-corrected chi connectivity index (χ4v) is 2.17. The molecule has 0 fully saturated rings. The van der Waals surface area contributed by atoms with Crippen LogP contribution in [0.15, 0.2) is 30.3 Å². The summed E-state index contributed by atoms with van der Waals surface area (Å²) in [5.41, 5.74) is 0.0717. The third-order valence-electron chi connectivity index (χ3n) is 4.39. The average Bonchev–Trinajstić information content (AvgIpc) is 3.03. The van der Waals surface area contributed by atoms with E-state index in [2.05, 4.69) is 21.6 Å². The first-order valence-electron chi connectivity index (χ1n) is 8.61. The van der Waals surface area contributed by atoms with Gasteiger partial charge in [0.05, 0.1) is 17.5 Å². The third kappa shape index (κ3) is 4.50. The molecule has 0 aliphatic carbocycles. The number of hydrogen-bond acceptors (Lipinski definition) is 6. The molecular formula is C19H23N5O3. The molecule has 27 heavy (non-hydrogen) atoms. The Hall–Kier alpha value is -3.21. The highest BCUT2D eigenvalue weighted by atomic mass is 16.5. The normalized spacial score (nSPS) is 14.1. The van der Waals surface area contributed by atoms with Crippen LogP contribution in [0.1, 0.15) is 43.9 Å². The maximum absolute atomic E-state index is 12.4. The van der Waals surface area contributed by atoms with Crippen molar-refractivity contribution in [1.29, 1.82) is 5.26 Å². The Labute approximate surface area is 158 Å². The van der Waals surface area contributed by atoms with Crippen molar-refractivity contribution in [3.8, 4) is 11.8 Å². The SMILES string of the molecule is Cc1nn(-c2ccccc2)nc1C(=O)OC(C)C(=O)NC(C)(C#N)C(C)C. The number of hydrogen-bond donors (Lipinski definition) is 1. The molecule has 8 heteroatoms. The minimum Gasteiger partial charge on any atom is -0.448 e. The second-order valence-corrected chi connectivity index (χ2v) is 6.76. The summed E-state index contributed by atoms with van der Waals surface area (Å²) in [5.74, 6) is -1.41. The first-order chi connectivity index (χ1) is 12.7. The van der Waals surface area contributed by atoms with Gasteiger partial charge < -0.3 is 10.1 Å². The zero-order chi connectivity index (χ0) is 20.2. The molecule has 0 radical (unpaired) electrons. The number of benzene rings is 1. The number of nitrogens with zero attached hydrogens (tertiary/aromatic N) is 4. The highest BCUT2D eigenvalue weighted by Crippen LogP contribution is 2.16. The number of esters is 1. The van der Waals surface area contributed by atoms with Crippen molar-refractivity contribution in [3.63, 3.8) is 0 Å². The van der Waals surface area contributed by atoms with Crippen LogP contribution in [0, 0.1) is 24.2 Å². The van der Waals surface area contributed by atoms with E-state index in [4.69, 9.17) is 4.74 Å². The van der Waals surface area contributed by atoms with Gasteiger partial charge in [-0.1, -0.05) is 32.0 Å². The molecule has 2 atom stereocenters. The first kappa shape index (κ1) is 20.1. The zero-order valence-electron chi connectivity index (χ0n) is 16.1. The summed E-state index contributed by atoms with van der Waals surface area (Å²) in [6.07, 6.45) is -1.08. The van der Waals surface area contributed by atoms with Gasteiger partial charge in [0.25, 0.3) is 5.91 Å². The number of para-hydroxylation sites is 1. The summed E-state index contributed by atoms with van der Waals surface area (Å²) in [6.45, 7) is 8.36. The molecule has 0 aliphatic heterocycles. The first-order valence-corrected chi connectivity index (χ1v) is 8.61. The quantitative estimate of drug-likeness (QED) is 0.782. The van der Waals surface area contributed by atoms with Gasteiger partial charge in [0.15, 0.2) is 11.8 Å². The van der Waals surface area contributed by atoms with Crippen LogP contribution in [0.2, 0.25) is 0 Å². The van der Waals surface area contributed by atoms with Crippen LogP contribution in [0.5, 0.6) is 0 Å². The fourth-order valence-electron chi connectivity index (χ4n) is 2.17. The molecule has 0 bridgehead atoms. The van der Waals surface area contributed by atoms with Gasteiger partial charge in [-0.25, -0.2) is 4.79 Å². The molecule has 1 heterocycles. The standard InChI is InChI=1S/C19H23N5O3/c1-12(2)19(5,11-20)21-17(25)14(4)27-18(26)16-13(3)22-24(23-16)15-9-7-6-8-10-15/h6-10,12,14H,1-5H3,(H,21,25). The highest BCUT2D eigenvalue weighted by molar-refractivity contribution is 5.91. The Bertz CT molecular complexity index is 869. The summed E-state index contributed by atoms with van der Waals surface area (Å²) in [7, 11) is 0. The van der Waals surface area contributed by atoms with Crippen LogP contribution in [0.3, 0.4) is 0 Å². The molecule has 142 valence electrons. The molecular weight excluding hydrogens is 346 g/mol. The maximum Gasteiger partial charge on any atom is 0.361 e. The lowest BCUT2D eigenvalue weighted by Crippen LogP contribution is -2.52.